The summed E-state index contributed by atoms with van der Waals surface area (Å²) in [5.41, 5.74) is 15.5. The van der Waals surface area contributed by atoms with Gasteiger partial charge >= 0.3 is 0 Å². The van der Waals surface area contributed by atoms with Gasteiger partial charge in [-0.25, -0.2) is 4.99 Å². The Morgan fingerprint density at radius 2 is 1.71 bits per heavy atom. The predicted molar refractivity (Wildman–Crippen MR) is 71.7 cm³/mol. The summed E-state index contributed by atoms with van der Waals surface area (Å²) >= 11 is 0. The molecule has 2 rings (SSSR count). The van der Waals surface area contributed by atoms with Gasteiger partial charge in [-0.1, -0.05) is 0 Å². The lowest BCUT2D eigenvalue weighted by Gasteiger charge is -2.12. The Hall–Kier alpha value is -2.36. The van der Waals surface area contributed by atoms with Crippen LogP contribution in [0.15, 0.2) is 52.7 Å². The minimum atomic E-state index is 0.399. The Balaban J connectivity index is 2.40. The molecule has 0 saturated heterocycles. The lowest BCUT2D eigenvalue weighted by molar-refractivity contribution is 1.37. The highest BCUT2D eigenvalue weighted by molar-refractivity contribution is 6.23. The van der Waals surface area contributed by atoms with Crippen LogP contribution in [-0.4, -0.2) is 11.4 Å². The molecule has 0 aliphatic heterocycles. The molecule has 86 valence electrons. The van der Waals surface area contributed by atoms with Gasteiger partial charge in [0.05, 0.1) is 22.8 Å². The van der Waals surface area contributed by atoms with Crippen LogP contribution in [0.4, 0.5) is 11.4 Å². The molecule has 17 heavy (non-hydrogen) atoms. The molecule has 4 nitrogen and oxygen atoms in total. The van der Waals surface area contributed by atoms with Crippen molar-refractivity contribution in [1.82, 2.24) is 0 Å². The fraction of sp³-hybridized carbons (Fsp3) is 0.0769. The third-order valence-electron chi connectivity index (χ3n) is 2.46. The molecule has 0 atom stereocenters. The lowest BCUT2D eigenvalue weighted by atomic mass is 10.0. The van der Waals surface area contributed by atoms with Gasteiger partial charge < -0.3 is 16.9 Å². The topological polar surface area (TPSA) is 88.2 Å². The number of nitrogens with zero attached hydrogens (tertiary/aromatic N) is 1. The summed E-state index contributed by atoms with van der Waals surface area (Å²) in [5.74, 6) is 0. The third-order valence-corrected chi connectivity index (χ3v) is 2.46. The lowest BCUT2D eigenvalue weighted by Crippen LogP contribution is -2.18. The first kappa shape index (κ1) is 11.1. The zero-order chi connectivity index (χ0) is 12.4. The van der Waals surface area contributed by atoms with E-state index in [9.17, 15) is 0 Å². The number of benzene rings is 1. The van der Waals surface area contributed by atoms with Crippen molar-refractivity contribution in [3.63, 3.8) is 0 Å². The molecule has 0 fully saturated rings. The smallest absolute Gasteiger partial charge is 0.0896 e. The van der Waals surface area contributed by atoms with E-state index in [1.54, 1.807) is 24.3 Å². The Morgan fingerprint density at radius 1 is 1.06 bits per heavy atom. The Kier molecular flexibility index (Phi) is 2.78. The zero-order valence-corrected chi connectivity index (χ0v) is 9.57. The number of nitrogen functional groups attached to an aromatic ring is 1. The number of anilines is 1. The fourth-order valence-corrected chi connectivity index (χ4v) is 1.64. The van der Waals surface area contributed by atoms with Gasteiger partial charge in [0.1, 0.15) is 0 Å². The molecule has 4 heteroatoms. The number of hydrogen-bond donors (Lipinski definition) is 3. The number of nitrogens with one attached hydrogen (secondary N) is 1. The van der Waals surface area contributed by atoms with E-state index < -0.39 is 0 Å². The molecule has 0 amide bonds. The summed E-state index contributed by atoms with van der Waals surface area (Å²) in [4.78, 5) is 4.46. The van der Waals surface area contributed by atoms with Crippen LogP contribution in [0, 0.1) is 5.41 Å². The molecular formula is C13H14N4. The molecule has 0 aromatic heterocycles. The molecule has 1 aliphatic rings. The van der Waals surface area contributed by atoms with Crippen LogP contribution in [0.3, 0.4) is 0 Å². The van der Waals surface area contributed by atoms with Crippen LogP contribution < -0.4 is 11.5 Å². The molecule has 0 radical (unpaired) electrons. The van der Waals surface area contributed by atoms with Crippen molar-refractivity contribution in [1.29, 1.82) is 5.41 Å². The number of hydrogen-bond acceptors (Lipinski definition) is 4. The van der Waals surface area contributed by atoms with Crippen LogP contribution >= 0.6 is 0 Å². The van der Waals surface area contributed by atoms with Gasteiger partial charge in [-0.2, -0.15) is 0 Å². The highest BCUT2D eigenvalue weighted by Crippen LogP contribution is 2.19. The number of nitrogens with two attached hydrogens (primary N) is 2. The molecule has 0 bridgehead atoms. The molecule has 0 saturated carbocycles. The van der Waals surface area contributed by atoms with Crippen molar-refractivity contribution < 1.29 is 0 Å². The monoisotopic (exact) mass is 226 g/mol. The third kappa shape index (κ3) is 2.42. The molecule has 1 aromatic carbocycles. The van der Waals surface area contributed by atoms with E-state index in [0.717, 1.165) is 11.3 Å². The largest absolute Gasteiger partial charge is 0.399 e. The van der Waals surface area contributed by atoms with E-state index in [4.69, 9.17) is 16.9 Å². The van der Waals surface area contributed by atoms with Gasteiger partial charge in [-0.05, 0) is 48.9 Å². The first-order valence-corrected chi connectivity index (χ1v) is 5.25. The van der Waals surface area contributed by atoms with E-state index in [-0.39, 0.29) is 0 Å². The number of aliphatic imine (C=N–C) groups is 1. The minimum Gasteiger partial charge on any atom is -0.399 e. The Morgan fingerprint density at radius 3 is 2.29 bits per heavy atom. The average Bonchev–Trinajstić information content (AvgIpc) is 2.26. The molecule has 0 spiro atoms. The Bertz CT molecular complexity index is 523. The van der Waals surface area contributed by atoms with Gasteiger partial charge in [0.15, 0.2) is 0 Å². The zero-order valence-electron chi connectivity index (χ0n) is 9.57. The summed E-state index contributed by atoms with van der Waals surface area (Å²) in [6, 6.07) is 7.26. The highest BCUT2D eigenvalue weighted by Gasteiger charge is 2.12. The van der Waals surface area contributed by atoms with Crippen molar-refractivity contribution in [2.75, 3.05) is 5.73 Å². The van der Waals surface area contributed by atoms with E-state index in [2.05, 4.69) is 4.99 Å². The van der Waals surface area contributed by atoms with Gasteiger partial charge in [-0.15, -0.1) is 0 Å². The van der Waals surface area contributed by atoms with E-state index in [1.807, 2.05) is 19.1 Å². The molecule has 0 heterocycles. The molecule has 0 unspecified atom stereocenters. The minimum absolute atomic E-state index is 0.399. The molecule has 1 aromatic rings. The van der Waals surface area contributed by atoms with Crippen LogP contribution in [0.1, 0.15) is 6.92 Å². The van der Waals surface area contributed by atoms with Crippen molar-refractivity contribution in [3.8, 4) is 0 Å². The van der Waals surface area contributed by atoms with Gasteiger partial charge in [-0.3, -0.25) is 0 Å². The van der Waals surface area contributed by atoms with Crippen molar-refractivity contribution in [2.24, 2.45) is 10.7 Å². The fourth-order valence-electron chi connectivity index (χ4n) is 1.64. The predicted octanol–water partition coefficient (Wildman–Crippen LogP) is 2.16. The van der Waals surface area contributed by atoms with Gasteiger partial charge in [0.2, 0.25) is 0 Å². The second-order valence-electron chi connectivity index (χ2n) is 3.93. The van der Waals surface area contributed by atoms with Crippen LogP contribution in [0.2, 0.25) is 0 Å². The first-order chi connectivity index (χ1) is 8.06. The van der Waals surface area contributed by atoms with Gasteiger partial charge in [0.25, 0.3) is 0 Å². The van der Waals surface area contributed by atoms with Gasteiger partial charge in [0, 0.05) is 5.69 Å². The van der Waals surface area contributed by atoms with Crippen molar-refractivity contribution in [2.45, 2.75) is 6.92 Å². The average molecular weight is 226 g/mol. The maximum atomic E-state index is 7.54. The standard InChI is InChI=1S/C13H14N4/c1-8-6-10(15)7-12(16)13(8)17-11-4-2-9(14)3-5-11/h2-7,15H,14,16H2,1H3/b15-10?,17-13+. The van der Waals surface area contributed by atoms with Crippen molar-refractivity contribution in [3.05, 3.63) is 47.7 Å². The normalized spacial score (nSPS) is 17.9. The number of allylic oxidation sites excluding steroid dienone is 3. The number of rotatable bonds is 1. The van der Waals surface area contributed by atoms with E-state index >= 15 is 0 Å². The quantitative estimate of drug-likeness (QED) is 0.506. The van der Waals surface area contributed by atoms with Crippen molar-refractivity contribution >= 4 is 22.8 Å². The molecular weight excluding hydrogens is 212 g/mol. The van der Waals surface area contributed by atoms with Crippen LogP contribution in [0.5, 0.6) is 0 Å². The highest BCUT2D eigenvalue weighted by atomic mass is 14.8. The van der Waals surface area contributed by atoms with E-state index in [1.165, 1.54) is 0 Å². The molecule has 1 aliphatic carbocycles. The Labute approximate surface area is 99.9 Å². The summed E-state index contributed by atoms with van der Waals surface area (Å²) in [6.07, 6.45) is 3.34. The second kappa shape index (κ2) is 4.25. The van der Waals surface area contributed by atoms with Crippen LogP contribution in [0.25, 0.3) is 0 Å². The van der Waals surface area contributed by atoms with Crippen LogP contribution in [-0.2, 0) is 0 Å². The molecule has 5 N–H and O–H groups in total. The summed E-state index contributed by atoms with van der Waals surface area (Å²) in [7, 11) is 0. The second-order valence-corrected chi connectivity index (χ2v) is 3.93. The SMILES string of the molecule is CC1=CC(=N)C=C(N)/C1=N/c1ccc(N)cc1. The summed E-state index contributed by atoms with van der Waals surface area (Å²) in [5, 5.41) is 7.54. The first-order valence-electron chi connectivity index (χ1n) is 5.25. The summed E-state index contributed by atoms with van der Waals surface area (Å²) < 4.78 is 0. The van der Waals surface area contributed by atoms with E-state index in [0.29, 0.717) is 22.8 Å². The maximum absolute atomic E-state index is 7.54. The maximum Gasteiger partial charge on any atom is 0.0896 e. The summed E-state index contributed by atoms with van der Waals surface area (Å²) in [6.45, 7) is 1.89.